The molecule has 0 aromatic heterocycles. The number of hydrogen-bond acceptors (Lipinski definition) is 10. The molecule has 3 saturated heterocycles. The molecule has 3 aliphatic rings. The lowest BCUT2D eigenvalue weighted by Gasteiger charge is -2.42. The van der Waals surface area contributed by atoms with Crippen LogP contribution in [-0.2, 0) is 49.2 Å². The van der Waals surface area contributed by atoms with Gasteiger partial charge in [-0.3, -0.25) is 4.18 Å². The van der Waals surface area contributed by atoms with Crippen molar-refractivity contribution in [1.82, 2.24) is 0 Å². The number of rotatable bonds is 5. The zero-order valence-electron chi connectivity index (χ0n) is 16.8. The van der Waals surface area contributed by atoms with E-state index in [1.165, 1.54) is 12.1 Å². The van der Waals surface area contributed by atoms with Crippen molar-refractivity contribution >= 4 is 41.3 Å². The normalized spacial score (nSPS) is 35.3. The Morgan fingerprint density at radius 1 is 1.17 bits per heavy atom. The summed E-state index contributed by atoms with van der Waals surface area (Å²) in [6, 6.07) is 6.36. The van der Waals surface area contributed by atoms with Gasteiger partial charge in [0.15, 0.2) is 12.4 Å². The van der Waals surface area contributed by atoms with Gasteiger partial charge in [0.2, 0.25) is 0 Å². The molecule has 0 saturated carbocycles. The van der Waals surface area contributed by atoms with Crippen molar-refractivity contribution in [3.63, 3.8) is 0 Å². The smallest absolute Gasteiger partial charge is 0.327 e. The van der Waals surface area contributed by atoms with Gasteiger partial charge in [0.25, 0.3) is 10.1 Å². The van der Waals surface area contributed by atoms with Gasteiger partial charge in [-0.05, 0) is 30.9 Å². The van der Waals surface area contributed by atoms with E-state index in [4.69, 9.17) is 39.0 Å². The molecule has 3 heterocycles. The van der Waals surface area contributed by atoms with Gasteiger partial charge in [-0.25, -0.2) is 0 Å². The quantitative estimate of drug-likeness (QED) is 0.375. The number of thiol groups is 1. The van der Waals surface area contributed by atoms with Crippen LogP contribution in [0, 0.1) is 12.3 Å². The van der Waals surface area contributed by atoms with Crippen LogP contribution < -0.4 is 0 Å². The molecule has 8 nitrogen and oxygen atoms in total. The number of ether oxygens (including phenoxy) is 2. The first-order chi connectivity index (χ1) is 14.0. The molecule has 0 unspecified atom stereocenters. The summed E-state index contributed by atoms with van der Waals surface area (Å²) in [4.78, 5) is 0.0254. The lowest BCUT2D eigenvalue weighted by molar-refractivity contribution is -0.176. The van der Waals surface area contributed by atoms with Crippen molar-refractivity contribution in [2.24, 2.45) is 5.41 Å². The molecular formula is C18H25O8PS3. The predicted molar refractivity (Wildman–Crippen MR) is 115 cm³/mol. The Balaban J connectivity index is 1.58. The maximum Gasteiger partial charge on any atom is 0.327 e. The molecule has 0 N–H and O–H groups in total. The second-order valence-electron chi connectivity index (χ2n) is 8.42. The summed E-state index contributed by atoms with van der Waals surface area (Å²) in [5.74, 6) is 0. The highest BCUT2D eigenvalue weighted by atomic mass is 32.5. The Morgan fingerprint density at radius 2 is 1.80 bits per heavy atom. The third-order valence-electron chi connectivity index (χ3n) is 5.07. The molecule has 168 valence electrons. The summed E-state index contributed by atoms with van der Waals surface area (Å²) in [5, 5.41) is -0.538. The highest BCUT2D eigenvalue weighted by Gasteiger charge is 2.54. The fourth-order valence-electron chi connectivity index (χ4n) is 3.28. The van der Waals surface area contributed by atoms with E-state index in [0.29, 0.717) is 13.2 Å². The summed E-state index contributed by atoms with van der Waals surface area (Å²) in [6.45, 7) is 3.76. The molecule has 30 heavy (non-hydrogen) atoms. The first-order valence-electron chi connectivity index (χ1n) is 9.51. The van der Waals surface area contributed by atoms with Gasteiger partial charge in [-0.2, -0.15) is 21.0 Å². The van der Waals surface area contributed by atoms with Crippen LogP contribution in [-0.4, -0.2) is 58.1 Å². The summed E-state index contributed by atoms with van der Waals surface area (Å²) < 4.78 is 60.3. The highest BCUT2D eigenvalue weighted by molar-refractivity contribution is 8.07. The fraction of sp³-hybridized carbons (Fsp3) is 0.667. The zero-order chi connectivity index (χ0) is 21.7. The van der Waals surface area contributed by atoms with Crippen LogP contribution in [0.4, 0.5) is 0 Å². The molecule has 3 fully saturated rings. The van der Waals surface area contributed by atoms with Gasteiger partial charge in [-0.1, -0.05) is 31.5 Å². The lowest BCUT2D eigenvalue weighted by Crippen LogP contribution is -2.54. The van der Waals surface area contributed by atoms with Crippen LogP contribution in [0.1, 0.15) is 19.4 Å². The third-order valence-corrected chi connectivity index (χ3v) is 9.30. The standard InChI is InChI=1S/C18H25O8PS3/c1-11-4-6-12(7-5-11)30(19,20)26-15-14(16(28)13-8-21-17(15)24-13)25-27(29)22-9-18(2,3)10-23-27/h4-7,13-17,28H,8-10H2,1-3H3/t13-,14-,15-,16-,17-/m1/s1. The average Bonchev–Trinajstić information content (AvgIpc) is 3.13. The highest BCUT2D eigenvalue weighted by Crippen LogP contribution is 2.57. The SMILES string of the molecule is Cc1ccc(S(=O)(=O)O[C@H]2[C@@H]3OC[C@@H](O3)[C@@H](S)[C@@H]2OP2(=S)OCC(C)(C)CO2)cc1. The molecule has 1 aromatic rings. The minimum atomic E-state index is -4.11. The second-order valence-corrected chi connectivity index (χ2v) is 13.6. The first-order valence-corrected chi connectivity index (χ1v) is 14.0. The van der Waals surface area contributed by atoms with Crippen molar-refractivity contribution < 1.29 is 35.6 Å². The van der Waals surface area contributed by atoms with Crippen molar-refractivity contribution in [2.75, 3.05) is 19.8 Å². The van der Waals surface area contributed by atoms with Crippen molar-refractivity contribution in [3.8, 4) is 0 Å². The Bertz CT molecular complexity index is 921. The molecule has 1 aromatic carbocycles. The van der Waals surface area contributed by atoms with Gasteiger partial charge in [0.1, 0.15) is 6.10 Å². The van der Waals surface area contributed by atoms with E-state index >= 15 is 0 Å². The Morgan fingerprint density at radius 3 is 2.43 bits per heavy atom. The minimum absolute atomic E-state index is 0.0254. The van der Waals surface area contributed by atoms with E-state index in [1.54, 1.807) is 12.1 Å². The van der Waals surface area contributed by atoms with E-state index < -0.39 is 40.6 Å². The molecule has 0 aliphatic carbocycles. The Labute approximate surface area is 187 Å². The molecular weight excluding hydrogens is 471 g/mol. The average molecular weight is 497 g/mol. The largest absolute Gasteiger partial charge is 0.347 e. The van der Waals surface area contributed by atoms with Crippen LogP contribution in [0.15, 0.2) is 29.2 Å². The van der Waals surface area contributed by atoms with E-state index in [9.17, 15) is 8.42 Å². The third kappa shape index (κ3) is 4.80. The fourth-order valence-corrected chi connectivity index (χ4v) is 7.21. The number of fused-ring (bicyclic) bond motifs is 2. The van der Waals surface area contributed by atoms with E-state index in [2.05, 4.69) is 12.6 Å². The summed E-state index contributed by atoms with van der Waals surface area (Å²) in [6.07, 6.45) is -3.27. The van der Waals surface area contributed by atoms with E-state index in [1.807, 2.05) is 20.8 Å². The number of benzene rings is 1. The van der Waals surface area contributed by atoms with E-state index in [0.717, 1.165) is 5.56 Å². The summed E-state index contributed by atoms with van der Waals surface area (Å²) in [5.41, 5.74) is 0.745. The predicted octanol–water partition coefficient (Wildman–Crippen LogP) is 2.81. The van der Waals surface area contributed by atoms with Crippen molar-refractivity contribution in [3.05, 3.63) is 29.8 Å². The van der Waals surface area contributed by atoms with Gasteiger partial charge >= 0.3 is 6.72 Å². The van der Waals surface area contributed by atoms with Crippen LogP contribution in [0.3, 0.4) is 0 Å². The summed E-state index contributed by atoms with van der Waals surface area (Å²) in [7, 11) is -4.11. The molecule has 5 atom stereocenters. The minimum Gasteiger partial charge on any atom is -0.347 e. The topological polar surface area (TPSA) is 89.5 Å². The molecule has 4 rings (SSSR count). The Kier molecular flexibility index (Phi) is 6.44. The van der Waals surface area contributed by atoms with E-state index in [-0.39, 0.29) is 23.0 Å². The maximum absolute atomic E-state index is 12.9. The lowest BCUT2D eigenvalue weighted by atomic mass is 9.97. The van der Waals surface area contributed by atoms with Crippen LogP contribution in [0.5, 0.6) is 0 Å². The molecule has 0 spiro atoms. The van der Waals surface area contributed by atoms with Gasteiger partial charge in [0.05, 0.1) is 36.1 Å². The molecule has 0 amide bonds. The van der Waals surface area contributed by atoms with Crippen LogP contribution in [0.25, 0.3) is 0 Å². The Hall–Kier alpha value is -0.0700. The number of aryl methyl sites for hydroxylation is 1. The van der Waals surface area contributed by atoms with Crippen LogP contribution >= 0.6 is 19.3 Å². The maximum atomic E-state index is 12.9. The monoisotopic (exact) mass is 496 g/mol. The zero-order valence-corrected chi connectivity index (χ0v) is 20.2. The van der Waals surface area contributed by atoms with Gasteiger partial charge < -0.3 is 23.0 Å². The first kappa shape index (κ1) is 23.1. The molecule has 3 aliphatic heterocycles. The van der Waals surface area contributed by atoms with Crippen LogP contribution in [0.2, 0.25) is 0 Å². The molecule has 0 radical (unpaired) electrons. The molecule has 12 heteroatoms. The molecule has 2 bridgehead atoms. The van der Waals surface area contributed by atoms with Gasteiger partial charge in [-0.15, -0.1) is 0 Å². The van der Waals surface area contributed by atoms with Gasteiger partial charge in [0, 0.05) is 5.41 Å². The second kappa shape index (κ2) is 8.37. The number of hydrogen-bond donors (Lipinski definition) is 1. The van der Waals surface area contributed by atoms with Crippen molar-refractivity contribution in [2.45, 2.75) is 55.5 Å². The van der Waals surface area contributed by atoms with Crippen molar-refractivity contribution in [1.29, 1.82) is 0 Å². The summed E-state index contributed by atoms with van der Waals surface area (Å²) >= 11 is 10.1.